The van der Waals surface area contributed by atoms with Gasteiger partial charge in [0.05, 0.1) is 35.4 Å². The average molecular weight is 556 g/mol. The maximum absolute atomic E-state index is 13.8. The third kappa shape index (κ3) is 5.36. The molecule has 3 aromatic rings. The lowest BCUT2D eigenvalue weighted by Crippen LogP contribution is -2.47. The Morgan fingerprint density at radius 2 is 1.54 bits per heavy atom. The largest absolute Gasteiger partial charge is 0.416 e. The Bertz CT molecular complexity index is 1290. The van der Waals surface area contributed by atoms with Gasteiger partial charge in [0.15, 0.2) is 0 Å². The van der Waals surface area contributed by atoms with Crippen molar-refractivity contribution in [2.45, 2.75) is 62.3 Å². The van der Waals surface area contributed by atoms with Gasteiger partial charge >= 0.3 is 12.4 Å². The van der Waals surface area contributed by atoms with E-state index in [4.69, 9.17) is 4.74 Å². The number of hydrogen-bond acceptors (Lipinski definition) is 4. The smallest absolute Gasteiger partial charge is 0.368 e. The number of aromatic nitrogens is 3. The van der Waals surface area contributed by atoms with Crippen LogP contribution in [0, 0.1) is 5.82 Å². The van der Waals surface area contributed by atoms with Gasteiger partial charge in [-0.1, -0.05) is 12.1 Å². The third-order valence-electron chi connectivity index (χ3n) is 7.41. The van der Waals surface area contributed by atoms with Gasteiger partial charge in [-0.25, -0.2) is 4.39 Å². The van der Waals surface area contributed by atoms with Crippen molar-refractivity contribution in [2.75, 3.05) is 6.54 Å². The van der Waals surface area contributed by atoms with Crippen molar-refractivity contribution in [3.8, 4) is 0 Å². The second-order valence-corrected chi connectivity index (χ2v) is 9.79. The van der Waals surface area contributed by atoms with Gasteiger partial charge in [-0.05, 0) is 54.8 Å². The number of benzene rings is 2. The molecule has 0 N–H and O–H groups in total. The average Bonchev–Trinajstić information content (AvgIpc) is 3.53. The fourth-order valence-electron chi connectivity index (χ4n) is 5.63. The normalized spacial score (nSPS) is 24.6. The number of fused-ring (bicyclic) bond motifs is 1. The van der Waals surface area contributed by atoms with E-state index in [9.17, 15) is 35.5 Å². The summed E-state index contributed by atoms with van der Waals surface area (Å²) < 4.78 is 102. The minimum Gasteiger partial charge on any atom is -0.368 e. The van der Waals surface area contributed by atoms with E-state index >= 15 is 0 Å². The lowest BCUT2D eigenvalue weighted by atomic mass is 9.82. The van der Waals surface area contributed by atoms with Crippen molar-refractivity contribution in [1.29, 1.82) is 0 Å². The molecule has 0 radical (unpaired) electrons. The van der Waals surface area contributed by atoms with Crippen LogP contribution < -0.4 is 0 Å². The summed E-state index contributed by atoms with van der Waals surface area (Å²) in [4.78, 5) is 14.6. The van der Waals surface area contributed by atoms with Crippen LogP contribution in [0.3, 0.4) is 0 Å². The molecule has 1 amide bonds. The summed E-state index contributed by atoms with van der Waals surface area (Å²) in [7, 11) is 0. The summed E-state index contributed by atoms with van der Waals surface area (Å²) in [5, 5.41) is 7.70. The van der Waals surface area contributed by atoms with Gasteiger partial charge in [0.2, 0.25) is 5.91 Å². The minimum atomic E-state index is -5.00. The van der Waals surface area contributed by atoms with Crippen molar-refractivity contribution in [2.24, 2.45) is 0 Å². The number of rotatable bonds is 5. The van der Waals surface area contributed by atoms with Crippen LogP contribution in [-0.4, -0.2) is 44.3 Å². The van der Waals surface area contributed by atoms with Gasteiger partial charge in [-0.2, -0.15) is 26.3 Å². The quantitative estimate of drug-likeness (QED) is 0.366. The molecule has 0 aliphatic carbocycles. The predicted octanol–water partition coefficient (Wildman–Crippen LogP) is 5.93. The maximum atomic E-state index is 13.8. The molecule has 5 rings (SSSR count). The summed E-state index contributed by atoms with van der Waals surface area (Å²) in [5.74, 6) is -1.20. The molecule has 2 fully saturated rings. The van der Waals surface area contributed by atoms with Crippen LogP contribution in [0.1, 0.15) is 60.1 Å². The van der Waals surface area contributed by atoms with E-state index in [0.29, 0.717) is 24.1 Å². The van der Waals surface area contributed by atoms with Gasteiger partial charge in [-0.15, -0.1) is 10.2 Å². The van der Waals surface area contributed by atoms with E-state index in [-0.39, 0.29) is 36.5 Å². The molecule has 2 saturated heterocycles. The highest BCUT2D eigenvalue weighted by atomic mass is 19.4. The van der Waals surface area contributed by atoms with Crippen LogP contribution in [0.15, 0.2) is 55.1 Å². The molecule has 1 aromatic heterocycles. The second kappa shape index (κ2) is 9.92. The minimum absolute atomic E-state index is 0.0552. The Morgan fingerprint density at radius 3 is 2.10 bits per heavy atom. The number of alkyl halides is 6. The highest BCUT2D eigenvalue weighted by Gasteiger charge is 2.52. The van der Waals surface area contributed by atoms with E-state index in [1.807, 2.05) is 0 Å². The monoisotopic (exact) mass is 556 g/mol. The predicted molar refractivity (Wildman–Crippen MR) is 123 cm³/mol. The van der Waals surface area contributed by atoms with Crippen LogP contribution in [0.5, 0.6) is 0 Å². The molecule has 3 heterocycles. The van der Waals surface area contributed by atoms with Crippen LogP contribution in [0.25, 0.3) is 0 Å². The van der Waals surface area contributed by atoms with E-state index in [0.717, 1.165) is 0 Å². The molecule has 6 nitrogen and oxygen atoms in total. The number of carbonyl (C=O) groups is 1. The van der Waals surface area contributed by atoms with E-state index < -0.39 is 53.5 Å². The highest BCUT2D eigenvalue weighted by Crippen LogP contribution is 2.47. The second-order valence-electron chi connectivity index (χ2n) is 9.79. The fourth-order valence-corrected chi connectivity index (χ4v) is 5.63. The number of halogens is 7. The SMILES string of the molecule is C[C@@H](O[C@H]1CN2C(=O)CCC(n3cnnc3)C2C1c1ccc(F)cc1)c1cc(C(F)(F)F)cc(C(F)(F)F)c1. The lowest BCUT2D eigenvalue weighted by Gasteiger charge is -2.39. The van der Waals surface area contributed by atoms with Crippen molar-refractivity contribution in [3.63, 3.8) is 0 Å². The van der Waals surface area contributed by atoms with Gasteiger partial charge in [0.1, 0.15) is 18.5 Å². The summed E-state index contributed by atoms with van der Waals surface area (Å²) in [6.45, 7) is 1.42. The molecule has 2 aliphatic rings. The molecule has 2 aliphatic heterocycles. The molecule has 0 spiro atoms. The number of nitrogens with zero attached hydrogens (tertiary/aromatic N) is 4. The van der Waals surface area contributed by atoms with Crippen molar-refractivity contribution in [1.82, 2.24) is 19.7 Å². The van der Waals surface area contributed by atoms with Gasteiger partial charge < -0.3 is 14.2 Å². The Kier molecular flexibility index (Phi) is 6.90. The zero-order valence-electron chi connectivity index (χ0n) is 20.5. The number of hydrogen-bond donors (Lipinski definition) is 0. The molecular weight excluding hydrogens is 533 g/mol. The van der Waals surface area contributed by atoms with Crippen LogP contribution in [-0.2, 0) is 21.9 Å². The zero-order chi connectivity index (χ0) is 28.1. The van der Waals surface area contributed by atoms with Crippen molar-refractivity contribution < 1.29 is 40.3 Å². The Morgan fingerprint density at radius 1 is 0.949 bits per heavy atom. The standard InChI is InChI=1S/C26H23F7N4O2/c1-14(16-8-17(25(28,29)30)10-18(9-16)26(31,32)33)39-21-11-37-22(38)7-6-20(36-12-34-35-13-36)24(37)23(21)15-2-4-19(27)5-3-15/h2-5,8-10,12-14,20-21,23-24H,6-7,11H2,1H3/t14-,20?,21+,23?,24?/m1/s1. The third-order valence-corrected chi connectivity index (χ3v) is 7.41. The number of ether oxygens (including phenoxy) is 1. The molecule has 2 aromatic carbocycles. The number of piperidine rings is 1. The molecule has 0 bridgehead atoms. The highest BCUT2D eigenvalue weighted by molar-refractivity contribution is 5.78. The van der Waals surface area contributed by atoms with Crippen LogP contribution >= 0.6 is 0 Å². The molecule has 0 saturated carbocycles. The molecular formula is C26H23F7N4O2. The molecule has 5 atom stereocenters. The first-order chi connectivity index (χ1) is 18.3. The number of carbonyl (C=O) groups excluding carboxylic acids is 1. The zero-order valence-corrected chi connectivity index (χ0v) is 20.5. The van der Waals surface area contributed by atoms with Crippen LogP contribution in [0.4, 0.5) is 30.7 Å². The van der Waals surface area contributed by atoms with Gasteiger partial charge in [0.25, 0.3) is 0 Å². The Balaban J connectivity index is 1.53. The fraction of sp³-hybridized carbons (Fsp3) is 0.423. The number of amides is 1. The molecule has 208 valence electrons. The summed E-state index contributed by atoms with van der Waals surface area (Å²) in [5.41, 5.74) is -2.57. The first kappa shape index (κ1) is 27.1. The summed E-state index contributed by atoms with van der Waals surface area (Å²) in [6.07, 6.45) is -8.29. The maximum Gasteiger partial charge on any atom is 0.416 e. The molecule has 39 heavy (non-hydrogen) atoms. The summed E-state index contributed by atoms with van der Waals surface area (Å²) in [6, 6.07) is 6.16. The van der Waals surface area contributed by atoms with Crippen LogP contribution in [0.2, 0.25) is 0 Å². The van der Waals surface area contributed by atoms with E-state index in [2.05, 4.69) is 10.2 Å². The molecule has 13 heteroatoms. The van der Waals surface area contributed by atoms with Crippen molar-refractivity contribution in [3.05, 3.63) is 83.2 Å². The summed E-state index contributed by atoms with van der Waals surface area (Å²) >= 11 is 0. The first-order valence-electron chi connectivity index (χ1n) is 12.2. The van der Waals surface area contributed by atoms with E-state index in [1.54, 1.807) is 21.6 Å². The van der Waals surface area contributed by atoms with Gasteiger partial charge in [0, 0.05) is 18.9 Å². The topological polar surface area (TPSA) is 60.2 Å². The lowest BCUT2D eigenvalue weighted by molar-refractivity contribution is -0.143. The first-order valence-corrected chi connectivity index (χ1v) is 12.2. The Hall–Kier alpha value is -3.48. The van der Waals surface area contributed by atoms with Gasteiger partial charge in [-0.3, -0.25) is 4.79 Å². The van der Waals surface area contributed by atoms with E-state index in [1.165, 1.54) is 31.7 Å². The molecule has 3 unspecified atom stereocenters. The van der Waals surface area contributed by atoms with Crippen molar-refractivity contribution >= 4 is 5.91 Å². The Labute approximate surface area is 218 Å².